The van der Waals surface area contributed by atoms with E-state index in [0.717, 1.165) is 10.2 Å². The molecule has 1 aromatic heterocycles. The number of hydrogen-bond donors (Lipinski definition) is 4. The normalized spacial score (nSPS) is 10.0. The maximum atomic E-state index is 5.56. The number of nitrogens with one attached hydrogen (secondary N) is 2. The van der Waals surface area contributed by atoms with Crippen molar-refractivity contribution in [1.82, 2.24) is 9.97 Å². The summed E-state index contributed by atoms with van der Waals surface area (Å²) in [6.45, 7) is 0. The Morgan fingerprint density at radius 1 is 1.12 bits per heavy atom. The molecule has 0 aliphatic rings. The molecule has 7 heteroatoms. The van der Waals surface area contributed by atoms with Crippen LogP contribution >= 0.6 is 15.9 Å². The molecular formula is C10H11BrN6. The lowest BCUT2D eigenvalue weighted by Gasteiger charge is -2.09. The van der Waals surface area contributed by atoms with Crippen molar-refractivity contribution in [3.05, 3.63) is 34.8 Å². The van der Waals surface area contributed by atoms with Gasteiger partial charge in [-0.2, -0.15) is 9.97 Å². The second-order valence-electron chi connectivity index (χ2n) is 3.25. The standard InChI is InChI=1S/C10H11BrN6/c11-6-3-1-2-4-7(6)14-8-5-9(17-13)16-10(12)15-8/h1-5H,13H2,(H4,12,14,15,16,17). The summed E-state index contributed by atoms with van der Waals surface area (Å²) in [5.41, 5.74) is 8.87. The molecule has 0 amide bonds. The van der Waals surface area contributed by atoms with Gasteiger partial charge in [0.05, 0.1) is 5.69 Å². The van der Waals surface area contributed by atoms with Gasteiger partial charge in [0.2, 0.25) is 5.95 Å². The molecule has 2 rings (SSSR count). The van der Waals surface area contributed by atoms with E-state index in [1.54, 1.807) is 6.07 Å². The molecule has 88 valence electrons. The van der Waals surface area contributed by atoms with E-state index >= 15 is 0 Å². The van der Waals surface area contributed by atoms with Gasteiger partial charge in [0.1, 0.15) is 11.6 Å². The van der Waals surface area contributed by atoms with Gasteiger partial charge in [0.25, 0.3) is 0 Å². The highest BCUT2D eigenvalue weighted by molar-refractivity contribution is 9.10. The number of hydrogen-bond acceptors (Lipinski definition) is 6. The smallest absolute Gasteiger partial charge is 0.223 e. The molecular weight excluding hydrogens is 284 g/mol. The Morgan fingerprint density at radius 2 is 1.82 bits per heavy atom. The minimum atomic E-state index is 0.148. The van der Waals surface area contributed by atoms with Crippen LogP contribution in [0.5, 0.6) is 0 Å². The van der Waals surface area contributed by atoms with E-state index in [-0.39, 0.29) is 5.95 Å². The van der Waals surface area contributed by atoms with Gasteiger partial charge in [-0.05, 0) is 28.1 Å². The molecule has 1 aromatic carbocycles. The molecule has 6 nitrogen and oxygen atoms in total. The highest BCUT2D eigenvalue weighted by atomic mass is 79.9. The van der Waals surface area contributed by atoms with Crippen LogP contribution in [0.2, 0.25) is 0 Å². The topological polar surface area (TPSA) is 102 Å². The van der Waals surface area contributed by atoms with Crippen LogP contribution in [-0.2, 0) is 0 Å². The first-order valence-corrected chi connectivity index (χ1v) is 5.61. The molecule has 0 spiro atoms. The van der Waals surface area contributed by atoms with E-state index in [9.17, 15) is 0 Å². The number of benzene rings is 1. The van der Waals surface area contributed by atoms with Gasteiger partial charge in [-0.1, -0.05) is 12.1 Å². The van der Waals surface area contributed by atoms with Crippen molar-refractivity contribution in [2.75, 3.05) is 16.5 Å². The van der Waals surface area contributed by atoms with Crippen LogP contribution in [0, 0.1) is 0 Å². The molecule has 1 heterocycles. The number of aromatic nitrogens is 2. The quantitative estimate of drug-likeness (QED) is 0.509. The number of hydrazine groups is 1. The van der Waals surface area contributed by atoms with Crippen LogP contribution in [0.15, 0.2) is 34.8 Å². The molecule has 0 aliphatic carbocycles. The van der Waals surface area contributed by atoms with Crippen molar-refractivity contribution in [3.8, 4) is 0 Å². The second-order valence-corrected chi connectivity index (χ2v) is 4.10. The van der Waals surface area contributed by atoms with Crippen LogP contribution in [0.25, 0.3) is 0 Å². The zero-order valence-corrected chi connectivity index (χ0v) is 10.4. The Morgan fingerprint density at radius 3 is 2.53 bits per heavy atom. The summed E-state index contributed by atoms with van der Waals surface area (Å²) in [6.07, 6.45) is 0. The van der Waals surface area contributed by atoms with Crippen molar-refractivity contribution in [1.29, 1.82) is 0 Å². The van der Waals surface area contributed by atoms with E-state index < -0.39 is 0 Å². The maximum Gasteiger partial charge on any atom is 0.223 e. The van der Waals surface area contributed by atoms with Gasteiger partial charge in [-0.15, -0.1) is 0 Å². The Balaban J connectivity index is 2.30. The van der Waals surface area contributed by atoms with Crippen LogP contribution < -0.4 is 22.3 Å². The molecule has 0 saturated carbocycles. The van der Waals surface area contributed by atoms with Gasteiger partial charge >= 0.3 is 0 Å². The van der Waals surface area contributed by atoms with Gasteiger partial charge in [-0.25, -0.2) is 5.84 Å². The summed E-state index contributed by atoms with van der Waals surface area (Å²) < 4.78 is 0.930. The van der Waals surface area contributed by atoms with E-state index in [2.05, 4.69) is 36.6 Å². The molecule has 6 N–H and O–H groups in total. The van der Waals surface area contributed by atoms with E-state index in [0.29, 0.717) is 11.6 Å². The Kier molecular flexibility index (Phi) is 3.40. The second kappa shape index (κ2) is 4.98. The highest BCUT2D eigenvalue weighted by Gasteiger charge is 2.03. The lowest BCUT2D eigenvalue weighted by Crippen LogP contribution is -2.11. The first kappa shape index (κ1) is 11.6. The maximum absolute atomic E-state index is 5.56. The third-order valence-electron chi connectivity index (χ3n) is 2.03. The van der Waals surface area contributed by atoms with Gasteiger partial charge in [0.15, 0.2) is 0 Å². The molecule has 0 radical (unpaired) electrons. The summed E-state index contributed by atoms with van der Waals surface area (Å²) in [7, 11) is 0. The summed E-state index contributed by atoms with van der Waals surface area (Å²) in [5, 5.41) is 3.11. The molecule has 0 bridgehead atoms. The molecule has 0 atom stereocenters. The zero-order valence-electron chi connectivity index (χ0n) is 8.81. The van der Waals surface area contributed by atoms with Crippen molar-refractivity contribution in [2.45, 2.75) is 0 Å². The zero-order chi connectivity index (χ0) is 12.3. The third-order valence-corrected chi connectivity index (χ3v) is 2.72. The molecule has 0 fully saturated rings. The average Bonchev–Trinajstić information content (AvgIpc) is 2.31. The fourth-order valence-corrected chi connectivity index (χ4v) is 1.69. The Hall–Kier alpha value is -1.86. The van der Waals surface area contributed by atoms with Crippen LogP contribution in [0.1, 0.15) is 0 Å². The third kappa shape index (κ3) is 2.83. The summed E-state index contributed by atoms with van der Waals surface area (Å²) in [6, 6.07) is 9.35. The summed E-state index contributed by atoms with van der Waals surface area (Å²) in [5.74, 6) is 6.44. The monoisotopic (exact) mass is 294 g/mol. The predicted molar refractivity (Wildman–Crippen MR) is 71.7 cm³/mol. The number of nitrogens with two attached hydrogens (primary N) is 2. The largest absolute Gasteiger partial charge is 0.368 e. The molecule has 2 aromatic rings. The van der Waals surface area contributed by atoms with Gasteiger partial charge in [0, 0.05) is 10.5 Å². The summed E-state index contributed by atoms with van der Waals surface area (Å²) in [4.78, 5) is 7.95. The summed E-state index contributed by atoms with van der Waals surface area (Å²) >= 11 is 3.43. The van der Waals surface area contributed by atoms with Gasteiger partial charge < -0.3 is 16.5 Å². The minimum absolute atomic E-state index is 0.148. The first-order chi connectivity index (χ1) is 8.19. The number of halogens is 1. The van der Waals surface area contributed by atoms with E-state index in [1.807, 2.05) is 24.3 Å². The predicted octanol–water partition coefficient (Wildman–Crippen LogP) is 1.85. The molecule has 0 unspecified atom stereocenters. The van der Waals surface area contributed by atoms with Crippen molar-refractivity contribution in [3.63, 3.8) is 0 Å². The average molecular weight is 295 g/mol. The Bertz CT molecular complexity index is 530. The Labute approximate surface area is 107 Å². The minimum Gasteiger partial charge on any atom is -0.368 e. The van der Waals surface area contributed by atoms with E-state index in [1.165, 1.54) is 0 Å². The number of rotatable bonds is 3. The first-order valence-electron chi connectivity index (χ1n) is 4.82. The van der Waals surface area contributed by atoms with E-state index in [4.69, 9.17) is 11.6 Å². The molecule has 0 aliphatic heterocycles. The lowest BCUT2D eigenvalue weighted by atomic mass is 10.3. The number of para-hydroxylation sites is 1. The van der Waals surface area contributed by atoms with Gasteiger partial charge in [-0.3, -0.25) is 0 Å². The van der Waals surface area contributed by atoms with Crippen LogP contribution in [0.3, 0.4) is 0 Å². The SMILES string of the molecule is NNc1cc(Nc2ccccc2Br)nc(N)n1. The lowest BCUT2D eigenvalue weighted by molar-refractivity contribution is 1.15. The molecule has 0 saturated heterocycles. The highest BCUT2D eigenvalue weighted by Crippen LogP contribution is 2.25. The molecule has 17 heavy (non-hydrogen) atoms. The number of nitrogen functional groups attached to an aromatic ring is 2. The number of nitrogens with zero attached hydrogens (tertiary/aromatic N) is 2. The van der Waals surface area contributed by atoms with Crippen LogP contribution in [0.4, 0.5) is 23.3 Å². The van der Waals surface area contributed by atoms with Crippen molar-refractivity contribution >= 4 is 39.2 Å². The van der Waals surface area contributed by atoms with Crippen molar-refractivity contribution in [2.24, 2.45) is 5.84 Å². The van der Waals surface area contributed by atoms with Crippen molar-refractivity contribution < 1.29 is 0 Å². The fourth-order valence-electron chi connectivity index (χ4n) is 1.30. The van der Waals surface area contributed by atoms with Crippen LogP contribution in [-0.4, -0.2) is 9.97 Å². The fraction of sp³-hybridized carbons (Fsp3) is 0. The number of anilines is 4.